The number of fused-ring (bicyclic) bond motifs is 1. The number of hydrogen-bond acceptors (Lipinski definition) is 6. The van der Waals surface area contributed by atoms with Gasteiger partial charge in [0.25, 0.3) is 0 Å². The van der Waals surface area contributed by atoms with Crippen LogP contribution in [0.1, 0.15) is 0 Å². The molecule has 3 aromatic heterocycles. The average molecular weight is 294 g/mol. The Morgan fingerprint density at radius 2 is 1.90 bits per heavy atom. The molecule has 0 aliphatic heterocycles. The molecule has 0 spiro atoms. The first-order valence-electron chi connectivity index (χ1n) is 6.34. The van der Waals surface area contributed by atoms with Crippen molar-refractivity contribution in [2.45, 2.75) is 0 Å². The van der Waals surface area contributed by atoms with E-state index in [0.29, 0.717) is 23.1 Å². The molecule has 0 aliphatic rings. The van der Waals surface area contributed by atoms with E-state index in [2.05, 4.69) is 15.0 Å². The molecule has 0 fully saturated rings. The summed E-state index contributed by atoms with van der Waals surface area (Å²) < 4.78 is 6.44. The van der Waals surface area contributed by atoms with Gasteiger partial charge >= 0.3 is 0 Å². The summed E-state index contributed by atoms with van der Waals surface area (Å²) in [5, 5.41) is 0.818. The number of thiazole rings is 1. The van der Waals surface area contributed by atoms with Gasteiger partial charge in [-0.15, -0.1) is 11.3 Å². The summed E-state index contributed by atoms with van der Waals surface area (Å²) >= 11 is 1.58. The zero-order chi connectivity index (χ0) is 14.2. The summed E-state index contributed by atoms with van der Waals surface area (Å²) in [5.74, 6) is 1.45. The third-order valence-corrected chi connectivity index (χ3v) is 4.06. The Balaban J connectivity index is 1.88. The van der Waals surface area contributed by atoms with Crippen LogP contribution in [-0.4, -0.2) is 15.0 Å². The van der Waals surface area contributed by atoms with Crippen LogP contribution in [0.15, 0.2) is 53.1 Å². The Hall–Kier alpha value is -2.73. The molecule has 4 aromatic rings. The molecule has 0 amide bonds. The van der Waals surface area contributed by atoms with Gasteiger partial charge < -0.3 is 10.2 Å². The largest absolute Gasteiger partial charge is 0.461 e. The van der Waals surface area contributed by atoms with Crippen LogP contribution in [0.25, 0.3) is 32.5 Å². The van der Waals surface area contributed by atoms with Crippen LogP contribution < -0.4 is 5.73 Å². The minimum Gasteiger partial charge on any atom is -0.461 e. The number of hydrogen-bond donors (Lipinski definition) is 1. The highest BCUT2D eigenvalue weighted by Crippen LogP contribution is 2.30. The van der Waals surface area contributed by atoms with Crippen molar-refractivity contribution in [3.8, 4) is 22.3 Å². The van der Waals surface area contributed by atoms with Crippen molar-refractivity contribution in [2.24, 2.45) is 0 Å². The van der Waals surface area contributed by atoms with Gasteiger partial charge in [-0.2, -0.15) is 0 Å². The lowest BCUT2D eigenvalue weighted by molar-refractivity contribution is 0.577. The molecule has 6 heteroatoms. The Morgan fingerprint density at radius 3 is 2.71 bits per heavy atom. The Morgan fingerprint density at radius 1 is 1.00 bits per heavy atom. The second-order valence-electron chi connectivity index (χ2n) is 4.47. The summed E-state index contributed by atoms with van der Waals surface area (Å²) in [6.07, 6.45) is 1.58. The van der Waals surface area contributed by atoms with Gasteiger partial charge in [0.2, 0.25) is 0 Å². The number of para-hydroxylation sites is 1. The van der Waals surface area contributed by atoms with Gasteiger partial charge in [-0.3, -0.25) is 0 Å². The molecule has 0 bridgehead atoms. The molecule has 102 valence electrons. The van der Waals surface area contributed by atoms with Crippen LogP contribution in [0.2, 0.25) is 0 Å². The highest BCUT2D eigenvalue weighted by Gasteiger charge is 2.12. The van der Waals surface area contributed by atoms with Crippen LogP contribution in [0.5, 0.6) is 0 Å². The molecule has 4 rings (SSSR count). The Labute approximate surface area is 124 Å². The topological polar surface area (TPSA) is 77.8 Å². The van der Waals surface area contributed by atoms with Crippen LogP contribution in [0.3, 0.4) is 0 Å². The lowest BCUT2D eigenvalue weighted by Crippen LogP contribution is -1.97. The first-order valence-corrected chi connectivity index (χ1v) is 7.15. The predicted octanol–water partition coefficient (Wildman–Crippen LogP) is 3.60. The van der Waals surface area contributed by atoms with Crippen molar-refractivity contribution < 1.29 is 4.42 Å². The fraction of sp³-hybridized carbons (Fsp3) is 0. The summed E-state index contributed by atoms with van der Waals surface area (Å²) in [4.78, 5) is 13.3. The van der Waals surface area contributed by atoms with Crippen molar-refractivity contribution >= 4 is 27.4 Å². The standard InChI is InChI=1S/C15H10N4OS/c16-13-8-10(17-14(19-13)11-5-3-7-20-11)15-18-9-4-1-2-6-12(9)21-15/h1-8H,(H2,16,17,19). The second kappa shape index (κ2) is 4.68. The maximum Gasteiger partial charge on any atom is 0.198 e. The minimum atomic E-state index is 0.394. The number of nitrogens with zero attached hydrogens (tertiary/aromatic N) is 3. The minimum absolute atomic E-state index is 0.394. The van der Waals surface area contributed by atoms with E-state index < -0.39 is 0 Å². The monoisotopic (exact) mass is 294 g/mol. The SMILES string of the molecule is Nc1cc(-c2nc3ccccc3s2)nc(-c2ccco2)n1. The fourth-order valence-corrected chi connectivity index (χ4v) is 3.00. The van der Waals surface area contributed by atoms with E-state index >= 15 is 0 Å². The molecule has 0 unspecified atom stereocenters. The van der Waals surface area contributed by atoms with E-state index in [1.165, 1.54) is 0 Å². The van der Waals surface area contributed by atoms with Gasteiger partial charge in [-0.05, 0) is 24.3 Å². The van der Waals surface area contributed by atoms with Crippen LogP contribution in [-0.2, 0) is 0 Å². The van der Waals surface area contributed by atoms with Gasteiger partial charge in [0.15, 0.2) is 11.6 Å². The van der Waals surface area contributed by atoms with Gasteiger partial charge in [-0.25, -0.2) is 15.0 Å². The number of nitrogens with two attached hydrogens (primary N) is 1. The molecule has 2 N–H and O–H groups in total. The summed E-state index contributed by atoms with van der Waals surface area (Å²) in [7, 11) is 0. The Kier molecular flexibility index (Phi) is 2.68. The highest BCUT2D eigenvalue weighted by atomic mass is 32.1. The average Bonchev–Trinajstić information content (AvgIpc) is 3.16. The maximum atomic E-state index is 5.88. The van der Waals surface area contributed by atoms with Crippen LogP contribution >= 0.6 is 11.3 Å². The molecule has 0 radical (unpaired) electrons. The summed E-state index contributed by atoms with van der Waals surface area (Å²) in [5.41, 5.74) is 7.54. The van der Waals surface area contributed by atoms with Crippen molar-refractivity contribution in [3.63, 3.8) is 0 Å². The predicted molar refractivity (Wildman–Crippen MR) is 82.8 cm³/mol. The molecular weight excluding hydrogens is 284 g/mol. The number of aromatic nitrogens is 3. The van der Waals surface area contributed by atoms with Crippen molar-refractivity contribution in [1.82, 2.24) is 15.0 Å². The molecule has 0 saturated carbocycles. The third kappa shape index (κ3) is 2.15. The van der Waals surface area contributed by atoms with Crippen LogP contribution in [0, 0.1) is 0 Å². The molecular formula is C15H10N4OS. The van der Waals surface area contributed by atoms with Crippen LogP contribution in [0.4, 0.5) is 5.82 Å². The summed E-state index contributed by atoms with van der Waals surface area (Å²) in [6, 6.07) is 13.3. The van der Waals surface area contributed by atoms with Gasteiger partial charge in [0.1, 0.15) is 16.5 Å². The maximum absolute atomic E-state index is 5.88. The Bertz CT molecular complexity index is 881. The zero-order valence-electron chi connectivity index (χ0n) is 10.9. The number of furan rings is 1. The highest BCUT2D eigenvalue weighted by molar-refractivity contribution is 7.21. The van der Waals surface area contributed by atoms with E-state index in [-0.39, 0.29) is 0 Å². The first kappa shape index (κ1) is 12.0. The van der Waals surface area contributed by atoms with Gasteiger partial charge in [0.05, 0.1) is 16.5 Å². The first-order chi connectivity index (χ1) is 10.3. The quantitative estimate of drug-likeness (QED) is 0.611. The number of nitrogen functional groups attached to an aromatic ring is 1. The van der Waals surface area contributed by atoms with Crippen molar-refractivity contribution in [2.75, 3.05) is 5.73 Å². The van der Waals surface area contributed by atoms with E-state index in [1.54, 1.807) is 35.8 Å². The number of benzene rings is 1. The fourth-order valence-electron chi connectivity index (χ4n) is 2.07. The summed E-state index contributed by atoms with van der Waals surface area (Å²) in [6.45, 7) is 0. The van der Waals surface area contributed by atoms with E-state index in [1.807, 2.05) is 24.3 Å². The molecule has 0 aliphatic carbocycles. The molecule has 21 heavy (non-hydrogen) atoms. The normalized spacial score (nSPS) is 11.0. The molecule has 3 heterocycles. The van der Waals surface area contributed by atoms with E-state index in [4.69, 9.17) is 10.2 Å². The molecule has 5 nitrogen and oxygen atoms in total. The molecule has 1 aromatic carbocycles. The number of anilines is 1. The van der Waals surface area contributed by atoms with E-state index in [0.717, 1.165) is 15.2 Å². The number of rotatable bonds is 2. The lowest BCUT2D eigenvalue weighted by atomic mass is 10.3. The molecule has 0 atom stereocenters. The molecule has 0 saturated heterocycles. The smallest absolute Gasteiger partial charge is 0.198 e. The van der Waals surface area contributed by atoms with Gasteiger partial charge in [-0.1, -0.05) is 12.1 Å². The lowest BCUT2D eigenvalue weighted by Gasteiger charge is -2.01. The second-order valence-corrected chi connectivity index (χ2v) is 5.50. The van der Waals surface area contributed by atoms with Gasteiger partial charge in [0, 0.05) is 6.07 Å². The van der Waals surface area contributed by atoms with Crippen molar-refractivity contribution in [3.05, 3.63) is 48.7 Å². The zero-order valence-corrected chi connectivity index (χ0v) is 11.7. The van der Waals surface area contributed by atoms with Crippen molar-refractivity contribution in [1.29, 1.82) is 0 Å². The van der Waals surface area contributed by atoms with E-state index in [9.17, 15) is 0 Å². The third-order valence-electron chi connectivity index (χ3n) is 3.00.